The zero-order valence-corrected chi connectivity index (χ0v) is 13.1. The lowest BCUT2D eigenvalue weighted by Crippen LogP contribution is -2.10. The average Bonchev–Trinajstić information content (AvgIpc) is 2.99. The summed E-state index contributed by atoms with van der Waals surface area (Å²) in [7, 11) is 3.65. The van der Waals surface area contributed by atoms with Crippen LogP contribution < -0.4 is 9.64 Å². The number of hydrogen-bond donors (Lipinski definition) is 0. The zero-order valence-electron chi connectivity index (χ0n) is 13.1. The molecular weight excluding hydrogens is 325 g/mol. The fourth-order valence-electron chi connectivity index (χ4n) is 1.84. The van der Waals surface area contributed by atoms with Gasteiger partial charge in [-0.1, -0.05) is 5.16 Å². The Kier molecular flexibility index (Phi) is 5.28. The van der Waals surface area contributed by atoms with Crippen molar-refractivity contribution in [1.82, 2.24) is 10.1 Å². The summed E-state index contributed by atoms with van der Waals surface area (Å²) in [6.07, 6.45) is -3.61. The monoisotopic (exact) mass is 340 g/mol. The second-order valence-electron chi connectivity index (χ2n) is 5.16. The van der Waals surface area contributed by atoms with Crippen LogP contribution in [0.2, 0.25) is 0 Å². The molecular formula is C15H15F3N4O2. The molecule has 0 atom stereocenters. The average molecular weight is 340 g/mol. The summed E-state index contributed by atoms with van der Waals surface area (Å²) in [6.45, 7) is 0.0982. The quantitative estimate of drug-likeness (QED) is 0.753. The SMILES string of the molecule is CN(C)c1cc(CCCOc2nc(C(F)(F)F)ccc2C#N)on1. The van der Waals surface area contributed by atoms with Gasteiger partial charge in [0, 0.05) is 26.6 Å². The van der Waals surface area contributed by atoms with Crippen molar-refractivity contribution < 1.29 is 22.4 Å². The summed E-state index contributed by atoms with van der Waals surface area (Å²) in [5.41, 5.74) is -1.14. The number of nitrogens with zero attached hydrogens (tertiary/aromatic N) is 4. The molecule has 0 aliphatic carbocycles. The molecule has 0 radical (unpaired) electrons. The van der Waals surface area contributed by atoms with E-state index in [1.807, 2.05) is 14.1 Å². The highest BCUT2D eigenvalue weighted by Gasteiger charge is 2.33. The van der Waals surface area contributed by atoms with Gasteiger partial charge in [0.2, 0.25) is 5.88 Å². The fraction of sp³-hybridized carbons (Fsp3) is 0.400. The molecule has 0 saturated carbocycles. The van der Waals surface area contributed by atoms with Gasteiger partial charge in [-0.3, -0.25) is 0 Å². The zero-order chi connectivity index (χ0) is 17.7. The summed E-state index contributed by atoms with van der Waals surface area (Å²) in [5.74, 6) is 0.996. The topological polar surface area (TPSA) is 75.2 Å². The largest absolute Gasteiger partial charge is 0.477 e. The molecule has 0 amide bonds. The van der Waals surface area contributed by atoms with Crippen molar-refractivity contribution in [3.63, 3.8) is 0 Å². The maximum absolute atomic E-state index is 12.7. The van der Waals surface area contributed by atoms with E-state index in [0.717, 1.165) is 12.1 Å². The van der Waals surface area contributed by atoms with Crippen LogP contribution in [0.15, 0.2) is 22.7 Å². The first kappa shape index (κ1) is 17.6. The van der Waals surface area contributed by atoms with Crippen molar-refractivity contribution in [2.75, 3.05) is 25.6 Å². The summed E-state index contributed by atoms with van der Waals surface area (Å²) in [6, 6.07) is 5.33. The smallest absolute Gasteiger partial charge is 0.433 e. The number of aryl methyl sites for hydroxylation is 1. The summed E-state index contributed by atoms with van der Waals surface area (Å²) in [4.78, 5) is 5.16. The normalized spacial score (nSPS) is 11.2. The standard InChI is InChI=1S/C15H15F3N4O2/c1-22(2)13-8-11(24-21-13)4-3-7-23-14-10(9-19)5-6-12(20-14)15(16,17)18/h5-6,8H,3-4,7H2,1-2H3. The van der Waals surface area contributed by atoms with E-state index < -0.39 is 11.9 Å². The Morgan fingerprint density at radius 2 is 2.08 bits per heavy atom. The minimum atomic E-state index is -4.59. The predicted molar refractivity (Wildman–Crippen MR) is 78.6 cm³/mol. The van der Waals surface area contributed by atoms with Gasteiger partial charge in [0.15, 0.2) is 5.82 Å². The number of rotatable bonds is 6. The van der Waals surface area contributed by atoms with Gasteiger partial charge in [0.1, 0.15) is 23.1 Å². The van der Waals surface area contributed by atoms with Crippen LogP contribution in [0.3, 0.4) is 0 Å². The van der Waals surface area contributed by atoms with Gasteiger partial charge >= 0.3 is 6.18 Å². The highest BCUT2D eigenvalue weighted by molar-refractivity contribution is 5.39. The number of alkyl halides is 3. The van der Waals surface area contributed by atoms with Gasteiger partial charge in [-0.2, -0.15) is 18.4 Å². The lowest BCUT2D eigenvalue weighted by atomic mass is 10.2. The Morgan fingerprint density at radius 1 is 1.33 bits per heavy atom. The first-order chi connectivity index (χ1) is 11.3. The second-order valence-corrected chi connectivity index (χ2v) is 5.16. The lowest BCUT2D eigenvalue weighted by Gasteiger charge is -2.10. The molecule has 128 valence electrons. The molecule has 2 aromatic heterocycles. The van der Waals surface area contributed by atoms with Crippen molar-refractivity contribution in [2.45, 2.75) is 19.0 Å². The first-order valence-corrected chi connectivity index (χ1v) is 7.05. The van der Waals surface area contributed by atoms with E-state index in [1.54, 1.807) is 17.0 Å². The van der Waals surface area contributed by atoms with Gasteiger partial charge in [0.25, 0.3) is 0 Å². The third kappa shape index (κ3) is 4.38. The predicted octanol–water partition coefficient (Wildman–Crippen LogP) is 3.04. The molecule has 2 aromatic rings. The molecule has 0 unspecified atom stereocenters. The summed E-state index contributed by atoms with van der Waals surface area (Å²) >= 11 is 0. The molecule has 0 aliphatic rings. The van der Waals surface area contributed by atoms with E-state index in [2.05, 4.69) is 10.1 Å². The van der Waals surface area contributed by atoms with Crippen LogP contribution in [0.25, 0.3) is 0 Å². The fourth-order valence-corrected chi connectivity index (χ4v) is 1.84. The van der Waals surface area contributed by atoms with Gasteiger partial charge in [0.05, 0.1) is 6.61 Å². The molecule has 0 spiro atoms. The van der Waals surface area contributed by atoms with E-state index in [0.29, 0.717) is 24.4 Å². The van der Waals surface area contributed by atoms with Gasteiger partial charge in [-0.05, 0) is 18.6 Å². The Bertz CT molecular complexity index is 735. The Hall–Kier alpha value is -2.76. The summed E-state index contributed by atoms with van der Waals surface area (Å²) in [5, 5.41) is 12.8. The first-order valence-electron chi connectivity index (χ1n) is 7.05. The number of halogens is 3. The molecule has 0 N–H and O–H groups in total. The molecule has 0 bridgehead atoms. The molecule has 0 saturated heterocycles. The third-order valence-electron chi connectivity index (χ3n) is 3.08. The molecule has 24 heavy (non-hydrogen) atoms. The van der Waals surface area contributed by atoms with Crippen molar-refractivity contribution in [3.8, 4) is 11.9 Å². The maximum atomic E-state index is 12.7. The number of hydrogen-bond acceptors (Lipinski definition) is 6. The second kappa shape index (κ2) is 7.21. The van der Waals surface area contributed by atoms with Gasteiger partial charge in [-0.15, -0.1) is 0 Å². The number of pyridine rings is 1. The number of aromatic nitrogens is 2. The van der Waals surface area contributed by atoms with E-state index in [-0.39, 0.29) is 18.1 Å². The van der Waals surface area contributed by atoms with Crippen molar-refractivity contribution in [3.05, 3.63) is 35.2 Å². The number of anilines is 1. The van der Waals surface area contributed by atoms with Crippen molar-refractivity contribution >= 4 is 5.82 Å². The van der Waals surface area contributed by atoms with Gasteiger partial charge in [-0.25, -0.2) is 4.98 Å². The summed E-state index contributed by atoms with van der Waals surface area (Å²) < 4.78 is 48.3. The molecule has 9 heteroatoms. The van der Waals surface area contributed by atoms with Gasteiger partial charge < -0.3 is 14.2 Å². The van der Waals surface area contributed by atoms with Crippen LogP contribution >= 0.6 is 0 Å². The van der Waals surface area contributed by atoms with Crippen LogP contribution in [-0.2, 0) is 12.6 Å². The highest BCUT2D eigenvalue weighted by Crippen LogP contribution is 2.30. The number of nitriles is 1. The Morgan fingerprint density at radius 3 is 2.67 bits per heavy atom. The van der Waals surface area contributed by atoms with Crippen molar-refractivity contribution in [1.29, 1.82) is 5.26 Å². The lowest BCUT2D eigenvalue weighted by molar-refractivity contribution is -0.141. The van der Waals surface area contributed by atoms with Crippen LogP contribution in [0, 0.1) is 11.3 Å². The van der Waals surface area contributed by atoms with Crippen LogP contribution in [0.1, 0.15) is 23.4 Å². The van der Waals surface area contributed by atoms with E-state index in [1.165, 1.54) is 0 Å². The molecule has 2 rings (SSSR count). The Balaban J connectivity index is 1.94. The maximum Gasteiger partial charge on any atom is 0.433 e. The van der Waals surface area contributed by atoms with Crippen molar-refractivity contribution in [2.24, 2.45) is 0 Å². The third-order valence-corrected chi connectivity index (χ3v) is 3.08. The van der Waals surface area contributed by atoms with E-state index in [9.17, 15) is 13.2 Å². The minimum Gasteiger partial charge on any atom is -0.477 e. The minimum absolute atomic E-state index is 0.0439. The van der Waals surface area contributed by atoms with Crippen LogP contribution in [-0.4, -0.2) is 30.8 Å². The molecule has 6 nitrogen and oxygen atoms in total. The molecule has 2 heterocycles. The highest BCUT2D eigenvalue weighted by atomic mass is 19.4. The van der Waals surface area contributed by atoms with E-state index in [4.69, 9.17) is 14.5 Å². The Labute approximate surface area is 136 Å². The van der Waals surface area contributed by atoms with E-state index >= 15 is 0 Å². The number of ether oxygens (including phenoxy) is 1. The van der Waals surface area contributed by atoms with Crippen LogP contribution in [0.4, 0.5) is 19.0 Å². The van der Waals surface area contributed by atoms with Crippen LogP contribution in [0.5, 0.6) is 5.88 Å². The molecule has 0 aromatic carbocycles. The molecule has 0 fully saturated rings. The molecule has 0 aliphatic heterocycles.